The van der Waals surface area contributed by atoms with Crippen LogP contribution >= 0.6 is 0 Å². The van der Waals surface area contributed by atoms with E-state index in [0.717, 1.165) is 24.2 Å². The normalized spacial score (nSPS) is 16.5. The van der Waals surface area contributed by atoms with Crippen LogP contribution in [0.1, 0.15) is 18.4 Å². The lowest BCUT2D eigenvalue weighted by Crippen LogP contribution is -1.96. The maximum Gasteiger partial charge on any atom is 0.115 e. The van der Waals surface area contributed by atoms with E-state index in [1.165, 1.54) is 6.42 Å². The van der Waals surface area contributed by atoms with Gasteiger partial charge in [-0.2, -0.15) is 0 Å². The van der Waals surface area contributed by atoms with Crippen molar-refractivity contribution in [2.45, 2.75) is 12.8 Å². The molecule has 0 N–H and O–H groups in total. The molecule has 56 valence electrons. The highest BCUT2D eigenvalue weighted by atomic mass is 14.8. The quantitative estimate of drug-likeness (QED) is 0.595. The van der Waals surface area contributed by atoms with E-state index in [-0.39, 0.29) is 0 Å². The first-order valence-electron chi connectivity index (χ1n) is 3.75. The lowest BCUT2D eigenvalue weighted by atomic mass is 10.1. The topological polar surface area (TPSA) is 38.1 Å². The zero-order valence-electron chi connectivity index (χ0n) is 6.20. The minimum absolute atomic E-state index is 0.963. The molecule has 1 aromatic heterocycles. The highest BCUT2D eigenvalue weighted by Gasteiger charge is 2.07. The third-order valence-electron chi connectivity index (χ3n) is 1.77. The van der Waals surface area contributed by atoms with Gasteiger partial charge in [-0.25, -0.2) is 9.97 Å². The molecular weight excluding hydrogens is 138 g/mol. The van der Waals surface area contributed by atoms with Crippen LogP contribution in [0.5, 0.6) is 0 Å². The number of aromatic nitrogens is 2. The summed E-state index contributed by atoms with van der Waals surface area (Å²) in [4.78, 5) is 12.2. The van der Waals surface area contributed by atoms with Gasteiger partial charge in [0.25, 0.3) is 0 Å². The summed E-state index contributed by atoms with van der Waals surface area (Å²) in [5.74, 6) is 0. The highest BCUT2D eigenvalue weighted by molar-refractivity contribution is 6.00. The van der Waals surface area contributed by atoms with Crippen LogP contribution in [0.4, 0.5) is 0 Å². The predicted octanol–water partition coefficient (Wildman–Crippen LogP) is 1.06. The maximum absolute atomic E-state index is 4.34. The van der Waals surface area contributed by atoms with Crippen molar-refractivity contribution in [3.63, 3.8) is 0 Å². The van der Waals surface area contributed by atoms with Gasteiger partial charge in [0.2, 0.25) is 0 Å². The second kappa shape index (κ2) is 2.78. The summed E-state index contributed by atoms with van der Waals surface area (Å²) < 4.78 is 0. The average molecular weight is 147 g/mol. The van der Waals surface area contributed by atoms with Crippen molar-refractivity contribution < 1.29 is 0 Å². The van der Waals surface area contributed by atoms with Gasteiger partial charge in [0.1, 0.15) is 6.33 Å². The predicted molar refractivity (Wildman–Crippen MR) is 42.7 cm³/mol. The Bertz CT molecular complexity index is 266. The monoisotopic (exact) mass is 147 g/mol. The summed E-state index contributed by atoms with van der Waals surface area (Å²) in [6, 6.07) is 0. The van der Waals surface area contributed by atoms with Crippen LogP contribution in [0.15, 0.2) is 23.7 Å². The van der Waals surface area contributed by atoms with Gasteiger partial charge in [-0.1, -0.05) is 0 Å². The molecule has 2 heterocycles. The molecule has 0 spiro atoms. The number of hydrogen-bond acceptors (Lipinski definition) is 3. The smallest absolute Gasteiger partial charge is 0.115 e. The molecule has 0 unspecified atom stereocenters. The van der Waals surface area contributed by atoms with E-state index in [9.17, 15) is 0 Å². The van der Waals surface area contributed by atoms with Gasteiger partial charge in [0.15, 0.2) is 0 Å². The van der Waals surface area contributed by atoms with Crippen LogP contribution in [0.3, 0.4) is 0 Å². The molecule has 0 bridgehead atoms. The van der Waals surface area contributed by atoms with Crippen LogP contribution in [-0.4, -0.2) is 22.2 Å². The summed E-state index contributed by atoms with van der Waals surface area (Å²) in [6.07, 6.45) is 7.42. The van der Waals surface area contributed by atoms with E-state index in [1.54, 1.807) is 6.33 Å². The van der Waals surface area contributed by atoms with Crippen molar-refractivity contribution in [3.05, 3.63) is 24.3 Å². The zero-order valence-corrected chi connectivity index (χ0v) is 6.20. The van der Waals surface area contributed by atoms with Crippen molar-refractivity contribution in [1.29, 1.82) is 0 Å². The van der Waals surface area contributed by atoms with Gasteiger partial charge < -0.3 is 0 Å². The second-order valence-corrected chi connectivity index (χ2v) is 2.56. The standard InChI is InChI=1S/C8H9N3/c1-2-8(11-3-1)7-4-9-6-10-5-7/h4-6H,1-3H2. The van der Waals surface area contributed by atoms with Crippen molar-refractivity contribution in [2.75, 3.05) is 6.54 Å². The summed E-state index contributed by atoms with van der Waals surface area (Å²) in [6.45, 7) is 0.963. The van der Waals surface area contributed by atoms with Crippen LogP contribution in [0.2, 0.25) is 0 Å². The van der Waals surface area contributed by atoms with E-state index in [0.29, 0.717) is 0 Å². The van der Waals surface area contributed by atoms with Crippen molar-refractivity contribution >= 4 is 5.71 Å². The number of aliphatic imine (C=N–C) groups is 1. The minimum Gasteiger partial charge on any atom is -0.289 e. The first-order valence-corrected chi connectivity index (χ1v) is 3.75. The van der Waals surface area contributed by atoms with Crippen LogP contribution in [0.25, 0.3) is 0 Å². The first kappa shape index (κ1) is 6.46. The molecule has 3 nitrogen and oxygen atoms in total. The third kappa shape index (κ3) is 1.27. The van der Waals surface area contributed by atoms with Gasteiger partial charge in [-0.3, -0.25) is 4.99 Å². The molecule has 2 rings (SSSR count). The van der Waals surface area contributed by atoms with E-state index in [2.05, 4.69) is 15.0 Å². The molecule has 0 saturated carbocycles. The molecular formula is C8H9N3. The Kier molecular flexibility index (Phi) is 1.63. The fraction of sp³-hybridized carbons (Fsp3) is 0.375. The van der Waals surface area contributed by atoms with E-state index in [1.807, 2.05) is 12.4 Å². The zero-order chi connectivity index (χ0) is 7.52. The Labute approximate surface area is 65.2 Å². The van der Waals surface area contributed by atoms with Gasteiger partial charge in [0.05, 0.1) is 0 Å². The van der Waals surface area contributed by atoms with Crippen LogP contribution in [-0.2, 0) is 0 Å². The Morgan fingerprint density at radius 1 is 1.18 bits per heavy atom. The average Bonchev–Trinajstić information content (AvgIpc) is 2.58. The number of nitrogens with zero attached hydrogens (tertiary/aromatic N) is 3. The molecule has 0 fully saturated rings. The summed E-state index contributed by atoms with van der Waals surface area (Å²) >= 11 is 0. The van der Waals surface area contributed by atoms with Gasteiger partial charge in [-0.05, 0) is 12.8 Å². The molecule has 1 aliphatic rings. The molecule has 0 aliphatic carbocycles. The Balaban J connectivity index is 2.29. The van der Waals surface area contributed by atoms with Crippen molar-refractivity contribution in [3.8, 4) is 0 Å². The third-order valence-corrected chi connectivity index (χ3v) is 1.77. The Hall–Kier alpha value is -1.25. The summed E-state index contributed by atoms with van der Waals surface area (Å²) in [5.41, 5.74) is 2.23. The molecule has 0 saturated heterocycles. The van der Waals surface area contributed by atoms with Crippen molar-refractivity contribution in [1.82, 2.24) is 9.97 Å². The van der Waals surface area contributed by atoms with Gasteiger partial charge in [-0.15, -0.1) is 0 Å². The van der Waals surface area contributed by atoms with Crippen LogP contribution in [0, 0.1) is 0 Å². The molecule has 1 aliphatic heterocycles. The highest BCUT2D eigenvalue weighted by Crippen LogP contribution is 2.10. The summed E-state index contributed by atoms with van der Waals surface area (Å²) in [5, 5.41) is 0. The fourth-order valence-corrected chi connectivity index (χ4v) is 1.22. The number of rotatable bonds is 1. The van der Waals surface area contributed by atoms with Crippen molar-refractivity contribution in [2.24, 2.45) is 4.99 Å². The molecule has 0 radical (unpaired) electrons. The lowest BCUT2D eigenvalue weighted by Gasteiger charge is -1.95. The van der Waals surface area contributed by atoms with Gasteiger partial charge in [0, 0.05) is 30.2 Å². The van der Waals surface area contributed by atoms with E-state index in [4.69, 9.17) is 0 Å². The Morgan fingerprint density at radius 3 is 2.64 bits per heavy atom. The molecule has 0 amide bonds. The largest absolute Gasteiger partial charge is 0.289 e. The SMILES string of the molecule is c1ncc(C2=NCCC2)cn1. The van der Waals surface area contributed by atoms with E-state index >= 15 is 0 Å². The second-order valence-electron chi connectivity index (χ2n) is 2.56. The molecule has 1 aromatic rings. The van der Waals surface area contributed by atoms with Gasteiger partial charge >= 0.3 is 0 Å². The molecule has 11 heavy (non-hydrogen) atoms. The molecule has 0 aromatic carbocycles. The summed E-state index contributed by atoms with van der Waals surface area (Å²) in [7, 11) is 0. The molecule has 0 atom stereocenters. The molecule has 3 heteroatoms. The van der Waals surface area contributed by atoms with E-state index < -0.39 is 0 Å². The first-order chi connectivity index (χ1) is 5.47. The maximum atomic E-state index is 4.34. The fourth-order valence-electron chi connectivity index (χ4n) is 1.22. The lowest BCUT2D eigenvalue weighted by molar-refractivity contribution is 0.951. The van der Waals surface area contributed by atoms with Crippen LogP contribution < -0.4 is 0 Å². The number of hydrogen-bond donors (Lipinski definition) is 0. The minimum atomic E-state index is 0.963. The Morgan fingerprint density at radius 2 is 2.00 bits per heavy atom.